The Morgan fingerprint density at radius 2 is 2.16 bits per heavy atom. The molecule has 2 rings (SSSR count). The van der Waals surface area contributed by atoms with Gasteiger partial charge in [-0.05, 0) is 18.6 Å². The lowest BCUT2D eigenvalue weighted by molar-refractivity contribution is -0.129. The molecule has 0 aliphatic carbocycles. The van der Waals surface area contributed by atoms with Crippen LogP contribution in [0, 0.1) is 0 Å². The second kappa shape index (κ2) is 5.82. The van der Waals surface area contributed by atoms with E-state index in [1.54, 1.807) is 4.90 Å². The summed E-state index contributed by atoms with van der Waals surface area (Å²) in [6.45, 7) is 4.69. The van der Waals surface area contributed by atoms with E-state index in [0.717, 1.165) is 25.2 Å². The summed E-state index contributed by atoms with van der Waals surface area (Å²) in [5.41, 5.74) is 7.51. The quantitative estimate of drug-likeness (QED) is 0.833. The van der Waals surface area contributed by atoms with E-state index in [1.165, 1.54) is 0 Å². The molecule has 1 saturated heterocycles. The number of nitrogen functional groups attached to an aromatic ring is 1. The highest BCUT2D eigenvalue weighted by Gasteiger charge is 2.21. The van der Waals surface area contributed by atoms with Crippen molar-refractivity contribution in [3.05, 3.63) is 18.2 Å². The van der Waals surface area contributed by atoms with Gasteiger partial charge in [-0.15, -0.1) is 0 Å². The summed E-state index contributed by atoms with van der Waals surface area (Å²) in [6.07, 6.45) is 0.941. The lowest BCUT2D eigenvalue weighted by atomic mass is 10.2. The number of nitrogens with two attached hydrogens (primary N) is 1. The fourth-order valence-corrected chi connectivity index (χ4v) is 2.04. The average Bonchev–Trinajstić information content (AvgIpc) is 2.41. The normalized spacial score (nSPS) is 15.8. The predicted octanol–water partition coefficient (Wildman–Crippen LogP) is 1.34. The molecular weight excluding hydrogens is 242 g/mol. The smallest absolute Gasteiger partial charge is 0.241 e. The molecule has 1 heterocycles. The standard InChI is InChI=1S/C14H21N3O2/c1-3-8-19-13-9-11(4-5-12(13)15)17-7-6-16(2)14(18)10-17/h4-5,9H,3,6-8,10,15H2,1-2H3. The van der Waals surface area contributed by atoms with Crippen molar-refractivity contribution < 1.29 is 9.53 Å². The summed E-state index contributed by atoms with van der Waals surface area (Å²) >= 11 is 0. The van der Waals surface area contributed by atoms with Crippen molar-refractivity contribution >= 4 is 17.3 Å². The van der Waals surface area contributed by atoms with Gasteiger partial charge in [-0.1, -0.05) is 6.92 Å². The van der Waals surface area contributed by atoms with Gasteiger partial charge >= 0.3 is 0 Å². The first-order valence-electron chi connectivity index (χ1n) is 6.63. The van der Waals surface area contributed by atoms with Crippen molar-refractivity contribution in [1.82, 2.24) is 4.90 Å². The van der Waals surface area contributed by atoms with Crippen LogP contribution in [0.15, 0.2) is 18.2 Å². The van der Waals surface area contributed by atoms with Crippen LogP contribution in [0.4, 0.5) is 11.4 Å². The van der Waals surface area contributed by atoms with E-state index in [0.29, 0.717) is 24.6 Å². The first kappa shape index (κ1) is 13.5. The summed E-state index contributed by atoms with van der Waals surface area (Å²) in [5.74, 6) is 0.838. The molecule has 1 fully saturated rings. The number of hydrogen-bond acceptors (Lipinski definition) is 4. The Kier molecular flexibility index (Phi) is 4.14. The third kappa shape index (κ3) is 3.10. The zero-order valence-electron chi connectivity index (χ0n) is 11.6. The Labute approximate surface area is 113 Å². The topological polar surface area (TPSA) is 58.8 Å². The van der Waals surface area contributed by atoms with Gasteiger partial charge in [-0.2, -0.15) is 0 Å². The molecule has 1 aromatic rings. The van der Waals surface area contributed by atoms with Crippen LogP contribution in [0.3, 0.4) is 0 Å². The fourth-order valence-electron chi connectivity index (χ4n) is 2.04. The van der Waals surface area contributed by atoms with Crippen molar-refractivity contribution in [3.8, 4) is 5.75 Å². The average molecular weight is 263 g/mol. The summed E-state index contributed by atoms with van der Waals surface area (Å²) in [5, 5.41) is 0. The highest BCUT2D eigenvalue weighted by molar-refractivity contribution is 5.83. The van der Waals surface area contributed by atoms with Crippen molar-refractivity contribution in [2.75, 3.05) is 43.9 Å². The molecule has 0 atom stereocenters. The summed E-state index contributed by atoms with van der Waals surface area (Å²) in [4.78, 5) is 15.5. The molecule has 0 bridgehead atoms. The number of nitrogens with zero attached hydrogens (tertiary/aromatic N) is 2. The molecule has 0 aromatic heterocycles. The maximum atomic E-state index is 11.7. The van der Waals surface area contributed by atoms with Crippen molar-refractivity contribution in [3.63, 3.8) is 0 Å². The van der Waals surface area contributed by atoms with Crippen LogP contribution in [-0.2, 0) is 4.79 Å². The zero-order chi connectivity index (χ0) is 13.8. The van der Waals surface area contributed by atoms with Gasteiger partial charge < -0.3 is 20.3 Å². The molecule has 5 heteroatoms. The molecule has 5 nitrogen and oxygen atoms in total. The first-order chi connectivity index (χ1) is 9.11. The zero-order valence-corrected chi connectivity index (χ0v) is 11.6. The van der Waals surface area contributed by atoms with Gasteiger partial charge in [-0.25, -0.2) is 0 Å². The highest BCUT2D eigenvalue weighted by atomic mass is 16.5. The van der Waals surface area contributed by atoms with Gasteiger partial charge in [0.25, 0.3) is 0 Å². The number of benzene rings is 1. The molecule has 0 radical (unpaired) electrons. The van der Waals surface area contributed by atoms with Crippen LogP contribution in [0.25, 0.3) is 0 Å². The number of piperazine rings is 1. The van der Waals surface area contributed by atoms with Crippen LogP contribution in [-0.4, -0.2) is 44.1 Å². The Balaban J connectivity index is 2.14. The van der Waals surface area contributed by atoms with Crippen molar-refractivity contribution in [1.29, 1.82) is 0 Å². The number of ether oxygens (including phenoxy) is 1. The Morgan fingerprint density at radius 3 is 2.84 bits per heavy atom. The number of carbonyl (C=O) groups is 1. The van der Waals surface area contributed by atoms with E-state index in [-0.39, 0.29) is 5.91 Å². The molecule has 2 N–H and O–H groups in total. The molecule has 19 heavy (non-hydrogen) atoms. The minimum atomic E-state index is 0.138. The van der Waals surface area contributed by atoms with E-state index in [4.69, 9.17) is 10.5 Å². The minimum Gasteiger partial charge on any atom is -0.491 e. The molecule has 1 aliphatic rings. The number of carbonyl (C=O) groups excluding carboxylic acids is 1. The lowest BCUT2D eigenvalue weighted by Gasteiger charge is -2.33. The van der Waals surface area contributed by atoms with Crippen LogP contribution >= 0.6 is 0 Å². The van der Waals surface area contributed by atoms with Crippen LogP contribution < -0.4 is 15.4 Å². The third-order valence-electron chi connectivity index (χ3n) is 3.28. The van der Waals surface area contributed by atoms with E-state index in [9.17, 15) is 4.79 Å². The van der Waals surface area contributed by atoms with Crippen molar-refractivity contribution in [2.45, 2.75) is 13.3 Å². The molecular formula is C14H21N3O2. The number of rotatable bonds is 4. The molecule has 1 aliphatic heterocycles. The van der Waals surface area contributed by atoms with Gasteiger partial charge in [0.15, 0.2) is 0 Å². The first-order valence-corrected chi connectivity index (χ1v) is 6.63. The molecule has 1 amide bonds. The van der Waals surface area contributed by atoms with E-state index in [1.807, 2.05) is 25.2 Å². The van der Waals surface area contributed by atoms with Gasteiger partial charge in [-0.3, -0.25) is 4.79 Å². The SMILES string of the molecule is CCCOc1cc(N2CCN(C)C(=O)C2)ccc1N. The van der Waals surface area contributed by atoms with Gasteiger partial charge in [0, 0.05) is 31.9 Å². The fraction of sp³-hybridized carbons (Fsp3) is 0.500. The number of hydrogen-bond donors (Lipinski definition) is 1. The van der Waals surface area contributed by atoms with Crippen LogP contribution in [0.1, 0.15) is 13.3 Å². The molecule has 104 valence electrons. The second-order valence-corrected chi connectivity index (χ2v) is 4.81. The predicted molar refractivity (Wildman–Crippen MR) is 76.5 cm³/mol. The largest absolute Gasteiger partial charge is 0.491 e. The lowest BCUT2D eigenvalue weighted by Crippen LogP contribution is -2.48. The summed E-state index contributed by atoms with van der Waals surface area (Å²) in [7, 11) is 1.83. The Hall–Kier alpha value is -1.91. The van der Waals surface area contributed by atoms with E-state index < -0.39 is 0 Å². The van der Waals surface area contributed by atoms with Gasteiger partial charge in [0.05, 0.1) is 18.8 Å². The van der Waals surface area contributed by atoms with Crippen LogP contribution in [0.5, 0.6) is 5.75 Å². The number of amides is 1. The third-order valence-corrected chi connectivity index (χ3v) is 3.28. The minimum absolute atomic E-state index is 0.138. The van der Waals surface area contributed by atoms with Crippen molar-refractivity contribution in [2.24, 2.45) is 0 Å². The van der Waals surface area contributed by atoms with E-state index >= 15 is 0 Å². The molecule has 0 spiro atoms. The second-order valence-electron chi connectivity index (χ2n) is 4.81. The Bertz CT molecular complexity index is 462. The van der Waals surface area contributed by atoms with Gasteiger partial charge in [0.1, 0.15) is 5.75 Å². The molecule has 0 unspecified atom stereocenters. The number of likely N-dealkylation sites (N-methyl/N-ethyl adjacent to an activating group) is 1. The molecule has 0 saturated carbocycles. The van der Waals surface area contributed by atoms with Gasteiger partial charge in [0.2, 0.25) is 5.91 Å². The van der Waals surface area contributed by atoms with E-state index in [2.05, 4.69) is 11.8 Å². The maximum absolute atomic E-state index is 11.7. The maximum Gasteiger partial charge on any atom is 0.241 e. The monoisotopic (exact) mass is 263 g/mol. The molecule has 1 aromatic carbocycles. The summed E-state index contributed by atoms with van der Waals surface area (Å²) in [6, 6.07) is 5.69. The highest BCUT2D eigenvalue weighted by Crippen LogP contribution is 2.28. The Morgan fingerprint density at radius 1 is 1.37 bits per heavy atom. The van der Waals surface area contributed by atoms with Crippen LogP contribution in [0.2, 0.25) is 0 Å². The summed E-state index contributed by atoms with van der Waals surface area (Å²) < 4.78 is 5.62. The number of anilines is 2.